The highest BCUT2D eigenvalue weighted by Crippen LogP contribution is 2.27. The first-order valence-corrected chi connectivity index (χ1v) is 7.53. The van der Waals surface area contributed by atoms with Crippen molar-refractivity contribution in [3.05, 3.63) is 35.9 Å². The summed E-state index contributed by atoms with van der Waals surface area (Å²) < 4.78 is 0. The second kappa shape index (κ2) is 5.88. The predicted octanol–water partition coefficient (Wildman–Crippen LogP) is 1.74. The lowest BCUT2D eigenvalue weighted by Gasteiger charge is -2.45. The number of hydrogen-bond donors (Lipinski definition) is 2. The SMILES string of the molecule is S=C(NCc1ccccc1)N[C@H]1CN2CCC1CC2. The van der Waals surface area contributed by atoms with E-state index in [0.717, 1.165) is 24.1 Å². The van der Waals surface area contributed by atoms with Crippen LogP contribution < -0.4 is 10.6 Å². The van der Waals surface area contributed by atoms with E-state index in [9.17, 15) is 0 Å². The summed E-state index contributed by atoms with van der Waals surface area (Å²) in [7, 11) is 0. The van der Waals surface area contributed by atoms with E-state index in [4.69, 9.17) is 12.2 Å². The lowest BCUT2D eigenvalue weighted by molar-refractivity contribution is 0.0811. The largest absolute Gasteiger partial charge is 0.359 e. The van der Waals surface area contributed by atoms with E-state index in [1.807, 2.05) is 6.07 Å². The van der Waals surface area contributed by atoms with Crippen LogP contribution >= 0.6 is 12.2 Å². The standard InChI is InChI=1S/C15H21N3S/c19-15(16-10-12-4-2-1-3-5-12)17-14-11-18-8-6-13(14)7-9-18/h1-5,13-14H,6-11H2,(H2,16,17,19)/t14-/m0/s1. The molecule has 19 heavy (non-hydrogen) atoms. The molecule has 0 aromatic heterocycles. The molecule has 3 heterocycles. The second-order valence-electron chi connectivity index (χ2n) is 5.56. The van der Waals surface area contributed by atoms with Gasteiger partial charge in [-0.1, -0.05) is 30.3 Å². The Balaban J connectivity index is 1.46. The van der Waals surface area contributed by atoms with E-state index >= 15 is 0 Å². The molecule has 3 nitrogen and oxygen atoms in total. The Hall–Kier alpha value is -1.13. The Labute approximate surface area is 120 Å². The second-order valence-corrected chi connectivity index (χ2v) is 5.97. The first kappa shape index (κ1) is 12.9. The smallest absolute Gasteiger partial charge is 0.166 e. The summed E-state index contributed by atoms with van der Waals surface area (Å²) in [5.41, 5.74) is 1.26. The Kier molecular flexibility index (Phi) is 3.99. The average molecular weight is 275 g/mol. The van der Waals surface area contributed by atoms with Gasteiger partial charge in [0.15, 0.2) is 5.11 Å². The summed E-state index contributed by atoms with van der Waals surface area (Å²) in [6.45, 7) is 4.49. The number of nitrogens with one attached hydrogen (secondary N) is 2. The van der Waals surface area contributed by atoms with E-state index < -0.39 is 0 Å². The zero-order valence-corrected chi connectivity index (χ0v) is 12.0. The molecule has 1 aromatic carbocycles. The molecule has 102 valence electrons. The molecule has 0 radical (unpaired) electrons. The fourth-order valence-corrected chi connectivity index (χ4v) is 3.35. The van der Waals surface area contributed by atoms with Crippen molar-refractivity contribution in [3.63, 3.8) is 0 Å². The molecule has 2 bridgehead atoms. The van der Waals surface area contributed by atoms with Crippen molar-refractivity contribution in [3.8, 4) is 0 Å². The zero-order valence-electron chi connectivity index (χ0n) is 11.1. The highest BCUT2D eigenvalue weighted by molar-refractivity contribution is 7.80. The van der Waals surface area contributed by atoms with E-state index in [1.165, 1.54) is 31.5 Å². The van der Waals surface area contributed by atoms with Crippen LogP contribution in [0.4, 0.5) is 0 Å². The van der Waals surface area contributed by atoms with Gasteiger partial charge in [0.05, 0.1) is 0 Å². The number of thiocarbonyl (C=S) groups is 1. The van der Waals surface area contributed by atoms with Crippen LogP contribution in [-0.4, -0.2) is 35.7 Å². The van der Waals surface area contributed by atoms with Gasteiger partial charge in [-0.3, -0.25) is 0 Å². The molecule has 0 amide bonds. The van der Waals surface area contributed by atoms with Crippen LogP contribution in [0.25, 0.3) is 0 Å². The number of piperidine rings is 3. The van der Waals surface area contributed by atoms with Gasteiger partial charge in [0.25, 0.3) is 0 Å². The molecule has 3 aliphatic rings. The first-order valence-electron chi connectivity index (χ1n) is 7.12. The summed E-state index contributed by atoms with van der Waals surface area (Å²) in [5.74, 6) is 0.807. The Morgan fingerprint density at radius 1 is 1.21 bits per heavy atom. The van der Waals surface area contributed by atoms with E-state index in [2.05, 4.69) is 39.8 Å². The molecule has 1 aromatic rings. The average Bonchev–Trinajstić information content (AvgIpc) is 2.47. The molecule has 3 aliphatic heterocycles. The third kappa shape index (κ3) is 3.25. The molecular formula is C15H21N3S. The van der Waals surface area contributed by atoms with Gasteiger partial charge in [-0.25, -0.2) is 0 Å². The van der Waals surface area contributed by atoms with Crippen LogP contribution in [0.2, 0.25) is 0 Å². The van der Waals surface area contributed by atoms with Crippen molar-refractivity contribution in [1.82, 2.24) is 15.5 Å². The Morgan fingerprint density at radius 2 is 1.95 bits per heavy atom. The summed E-state index contributed by atoms with van der Waals surface area (Å²) >= 11 is 5.41. The van der Waals surface area contributed by atoms with Crippen LogP contribution in [0.3, 0.4) is 0 Å². The summed E-state index contributed by atoms with van der Waals surface area (Å²) in [4.78, 5) is 2.54. The molecule has 3 saturated heterocycles. The van der Waals surface area contributed by atoms with Gasteiger partial charge in [-0.2, -0.15) is 0 Å². The van der Waals surface area contributed by atoms with Gasteiger partial charge in [0.2, 0.25) is 0 Å². The van der Waals surface area contributed by atoms with Crippen molar-refractivity contribution < 1.29 is 0 Å². The van der Waals surface area contributed by atoms with Crippen LogP contribution in [0, 0.1) is 5.92 Å². The maximum absolute atomic E-state index is 5.41. The fraction of sp³-hybridized carbons (Fsp3) is 0.533. The molecule has 0 spiro atoms. The number of hydrogen-bond acceptors (Lipinski definition) is 2. The predicted molar refractivity (Wildman–Crippen MR) is 82.0 cm³/mol. The highest BCUT2D eigenvalue weighted by Gasteiger charge is 2.34. The molecule has 0 saturated carbocycles. The maximum atomic E-state index is 5.41. The van der Waals surface area contributed by atoms with E-state index in [0.29, 0.717) is 6.04 Å². The van der Waals surface area contributed by atoms with Crippen molar-refractivity contribution in [2.45, 2.75) is 25.4 Å². The third-order valence-corrected chi connectivity index (χ3v) is 4.53. The topological polar surface area (TPSA) is 27.3 Å². The van der Waals surface area contributed by atoms with Gasteiger partial charge in [-0.05, 0) is 49.6 Å². The van der Waals surface area contributed by atoms with Gasteiger partial charge >= 0.3 is 0 Å². The first-order chi connectivity index (χ1) is 9.31. The molecule has 3 fully saturated rings. The quantitative estimate of drug-likeness (QED) is 0.822. The molecule has 0 unspecified atom stereocenters. The van der Waals surface area contributed by atoms with Crippen LogP contribution in [-0.2, 0) is 6.54 Å². The minimum atomic E-state index is 0.540. The molecule has 2 N–H and O–H groups in total. The van der Waals surface area contributed by atoms with Crippen molar-refractivity contribution in [2.24, 2.45) is 5.92 Å². The normalized spacial score (nSPS) is 28.9. The number of benzene rings is 1. The summed E-state index contributed by atoms with van der Waals surface area (Å²) in [6.07, 6.45) is 2.64. The minimum absolute atomic E-state index is 0.540. The third-order valence-electron chi connectivity index (χ3n) is 4.27. The van der Waals surface area contributed by atoms with E-state index in [1.54, 1.807) is 0 Å². The Morgan fingerprint density at radius 3 is 2.58 bits per heavy atom. The molecular weight excluding hydrogens is 254 g/mol. The van der Waals surface area contributed by atoms with Crippen molar-refractivity contribution in [1.29, 1.82) is 0 Å². The molecule has 1 atom stereocenters. The highest BCUT2D eigenvalue weighted by atomic mass is 32.1. The fourth-order valence-electron chi connectivity index (χ4n) is 3.13. The lowest BCUT2D eigenvalue weighted by Crippen LogP contribution is -2.58. The monoisotopic (exact) mass is 275 g/mol. The summed E-state index contributed by atoms with van der Waals surface area (Å²) in [6, 6.07) is 10.9. The zero-order chi connectivity index (χ0) is 13.1. The van der Waals surface area contributed by atoms with Gasteiger partial charge < -0.3 is 15.5 Å². The maximum Gasteiger partial charge on any atom is 0.166 e. The molecule has 0 aliphatic carbocycles. The minimum Gasteiger partial charge on any atom is -0.359 e. The molecule has 4 rings (SSSR count). The summed E-state index contributed by atoms with van der Waals surface area (Å²) in [5, 5.41) is 7.60. The van der Waals surface area contributed by atoms with Crippen LogP contribution in [0.5, 0.6) is 0 Å². The van der Waals surface area contributed by atoms with Crippen LogP contribution in [0.1, 0.15) is 18.4 Å². The van der Waals surface area contributed by atoms with Gasteiger partial charge in [-0.15, -0.1) is 0 Å². The molecule has 4 heteroatoms. The van der Waals surface area contributed by atoms with Gasteiger partial charge in [0.1, 0.15) is 0 Å². The van der Waals surface area contributed by atoms with E-state index in [-0.39, 0.29) is 0 Å². The van der Waals surface area contributed by atoms with Crippen molar-refractivity contribution in [2.75, 3.05) is 19.6 Å². The number of nitrogens with zero attached hydrogens (tertiary/aromatic N) is 1. The number of rotatable bonds is 3. The van der Waals surface area contributed by atoms with Crippen molar-refractivity contribution >= 4 is 17.3 Å². The Bertz CT molecular complexity index is 426. The number of fused-ring (bicyclic) bond motifs is 3. The lowest BCUT2D eigenvalue weighted by atomic mass is 9.84. The van der Waals surface area contributed by atoms with Crippen LogP contribution in [0.15, 0.2) is 30.3 Å². The van der Waals surface area contributed by atoms with Gasteiger partial charge in [0, 0.05) is 19.1 Å².